The average Bonchev–Trinajstić information content (AvgIpc) is 2.48. The minimum Gasteiger partial charge on any atom is -0.748 e. The first-order chi connectivity index (χ1) is 10.9. The van der Waals surface area contributed by atoms with Crippen molar-refractivity contribution in [2.24, 2.45) is 0 Å². The fourth-order valence-electron chi connectivity index (χ4n) is 2.97. The molecule has 4 nitrogen and oxygen atoms in total. The van der Waals surface area contributed by atoms with E-state index in [1.807, 2.05) is 0 Å². The van der Waals surface area contributed by atoms with Crippen LogP contribution in [0.25, 0.3) is 0 Å². The van der Waals surface area contributed by atoms with Gasteiger partial charge in [0.2, 0.25) is 0 Å². The average molecular weight is 373 g/mol. The summed E-state index contributed by atoms with van der Waals surface area (Å²) in [6.07, 6.45) is 12.7. The summed E-state index contributed by atoms with van der Waals surface area (Å²) in [6.45, 7) is 4.28. The molecule has 0 fully saturated rings. The number of rotatable bonds is 16. The zero-order valence-corrected chi connectivity index (χ0v) is 19.0. The van der Waals surface area contributed by atoms with Crippen molar-refractivity contribution in [1.29, 1.82) is 0 Å². The minimum atomic E-state index is -4.41. The first-order valence-electron chi connectivity index (χ1n) is 9.56. The number of hydrogen-bond donors (Lipinski definition) is 1. The standard InChI is InChI=1S/C18H38O4S.Na/c1-3-5-7-9-10-11-12-13-15-17(19)18(23(20,21)22)16-14-8-6-4-2;/h17-19H,3-16H2,1-2H3,(H,20,21,22);/q;+1/p-1. The summed E-state index contributed by atoms with van der Waals surface area (Å²) in [7, 11) is -4.41. The maximum atomic E-state index is 11.4. The Morgan fingerprint density at radius 1 is 0.750 bits per heavy atom. The Morgan fingerprint density at radius 2 is 1.12 bits per heavy atom. The molecule has 0 saturated heterocycles. The first-order valence-corrected chi connectivity index (χ1v) is 11.0. The third-order valence-electron chi connectivity index (χ3n) is 4.50. The zero-order chi connectivity index (χ0) is 17.6. The van der Waals surface area contributed by atoms with Crippen molar-refractivity contribution in [1.82, 2.24) is 0 Å². The molecule has 0 aromatic heterocycles. The van der Waals surface area contributed by atoms with E-state index in [0.29, 0.717) is 19.3 Å². The van der Waals surface area contributed by atoms with Crippen LogP contribution in [0.2, 0.25) is 0 Å². The predicted molar refractivity (Wildman–Crippen MR) is 95.5 cm³/mol. The Morgan fingerprint density at radius 3 is 1.58 bits per heavy atom. The van der Waals surface area contributed by atoms with E-state index in [9.17, 15) is 18.1 Å². The van der Waals surface area contributed by atoms with Gasteiger partial charge in [-0.2, -0.15) is 0 Å². The molecule has 0 heterocycles. The molecule has 2 atom stereocenters. The van der Waals surface area contributed by atoms with Gasteiger partial charge in [-0.15, -0.1) is 0 Å². The van der Waals surface area contributed by atoms with E-state index >= 15 is 0 Å². The van der Waals surface area contributed by atoms with E-state index < -0.39 is 21.5 Å². The largest absolute Gasteiger partial charge is 1.00 e. The molecule has 0 saturated carbocycles. The van der Waals surface area contributed by atoms with Gasteiger partial charge in [-0.3, -0.25) is 0 Å². The molecule has 140 valence electrons. The van der Waals surface area contributed by atoms with Gasteiger partial charge < -0.3 is 9.66 Å². The molecule has 0 bridgehead atoms. The van der Waals surface area contributed by atoms with Gasteiger partial charge in [-0.25, -0.2) is 8.42 Å². The Kier molecular flexibility index (Phi) is 19.5. The van der Waals surface area contributed by atoms with Gasteiger partial charge in [-0.1, -0.05) is 90.9 Å². The number of aliphatic hydroxyl groups excluding tert-OH is 1. The number of aliphatic hydroxyl groups is 1. The van der Waals surface area contributed by atoms with Crippen molar-refractivity contribution in [3.63, 3.8) is 0 Å². The molecule has 24 heavy (non-hydrogen) atoms. The first kappa shape index (κ1) is 27.1. The Balaban J connectivity index is 0. The number of hydrogen-bond acceptors (Lipinski definition) is 4. The summed E-state index contributed by atoms with van der Waals surface area (Å²) in [4.78, 5) is 0. The van der Waals surface area contributed by atoms with Crippen molar-refractivity contribution in [2.45, 2.75) is 115 Å². The minimum absolute atomic E-state index is 0. The van der Waals surface area contributed by atoms with Gasteiger partial charge in [0.25, 0.3) is 0 Å². The molecular weight excluding hydrogens is 335 g/mol. The van der Waals surface area contributed by atoms with E-state index in [-0.39, 0.29) is 29.6 Å². The molecule has 6 heteroatoms. The zero-order valence-electron chi connectivity index (χ0n) is 16.1. The summed E-state index contributed by atoms with van der Waals surface area (Å²) >= 11 is 0. The third-order valence-corrected chi connectivity index (χ3v) is 5.79. The van der Waals surface area contributed by atoms with E-state index in [2.05, 4.69) is 13.8 Å². The fraction of sp³-hybridized carbons (Fsp3) is 1.00. The molecule has 0 aromatic rings. The van der Waals surface area contributed by atoms with Crippen molar-refractivity contribution in [3.8, 4) is 0 Å². The van der Waals surface area contributed by atoms with Crippen LogP contribution < -0.4 is 29.6 Å². The van der Waals surface area contributed by atoms with E-state index in [1.165, 1.54) is 32.1 Å². The molecule has 2 unspecified atom stereocenters. The van der Waals surface area contributed by atoms with Gasteiger partial charge >= 0.3 is 29.6 Å². The third kappa shape index (κ3) is 15.2. The molecule has 0 rings (SSSR count). The number of unbranched alkanes of at least 4 members (excludes halogenated alkanes) is 10. The second-order valence-electron chi connectivity index (χ2n) is 6.71. The Hall–Kier alpha value is 0.870. The Labute approximate surface area is 172 Å². The van der Waals surface area contributed by atoms with Crippen LogP contribution in [0.4, 0.5) is 0 Å². The van der Waals surface area contributed by atoms with Gasteiger partial charge in [0.1, 0.15) is 10.1 Å². The van der Waals surface area contributed by atoms with Crippen LogP contribution in [0.5, 0.6) is 0 Å². The van der Waals surface area contributed by atoms with E-state index in [4.69, 9.17) is 0 Å². The summed E-state index contributed by atoms with van der Waals surface area (Å²) in [5.74, 6) is 0. The van der Waals surface area contributed by atoms with Crippen LogP contribution in [0.1, 0.15) is 104 Å². The van der Waals surface area contributed by atoms with Gasteiger partial charge in [0.15, 0.2) is 0 Å². The van der Waals surface area contributed by atoms with Crippen LogP contribution in [-0.4, -0.2) is 29.4 Å². The summed E-state index contributed by atoms with van der Waals surface area (Å²) in [5, 5.41) is 8.97. The quantitative estimate of drug-likeness (QED) is 0.254. The Bertz CT molecular complexity index is 360. The van der Waals surface area contributed by atoms with Crippen molar-refractivity contribution < 1.29 is 47.6 Å². The molecular formula is C18H37NaO4S. The van der Waals surface area contributed by atoms with Crippen molar-refractivity contribution in [3.05, 3.63) is 0 Å². The van der Waals surface area contributed by atoms with E-state index in [1.54, 1.807) is 0 Å². The predicted octanol–water partition coefficient (Wildman–Crippen LogP) is 1.77. The van der Waals surface area contributed by atoms with Gasteiger partial charge in [-0.05, 0) is 12.8 Å². The van der Waals surface area contributed by atoms with Crippen LogP contribution in [-0.2, 0) is 10.1 Å². The molecule has 1 N–H and O–H groups in total. The topological polar surface area (TPSA) is 77.4 Å². The maximum absolute atomic E-state index is 11.4. The maximum Gasteiger partial charge on any atom is 1.00 e. The van der Waals surface area contributed by atoms with Gasteiger partial charge in [0.05, 0.1) is 11.4 Å². The van der Waals surface area contributed by atoms with Crippen molar-refractivity contribution >= 4 is 10.1 Å². The van der Waals surface area contributed by atoms with Crippen LogP contribution >= 0.6 is 0 Å². The molecule has 0 spiro atoms. The fourth-order valence-corrected chi connectivity index (χ4v) is 3.95. The second kappa shape index (κ2) is 17.3. The molecule has 0 aliphatic heterocycles. The van der Waals surface area contributed by atoms with Gasteiger partial charge in [0, 0.05) is 0 Å². The molecule has 0 aliphatic rings. The smallest absolute Gasteiger partial charge is 0.748 e. The molecule has 0 amide bonds. The SMILES string of the molecule is CCCCCCCCCCC(O)C(CCCCCC)S(=O)(=O)[O-].[Na+]. The van der Waals surface area contributed by atoms with Crippen LogP contribution in [0.15, 0.2) is 0 Å². The second-order valence-corrected chi connectivity index (χ2v) is 8.30. The molecule has 0 radical (unpaired) electrons. The summed E-state index contributed by atoms with van der Waals surface area (Å²) in [6, 6.07) is 0. The van der Waals surface area contributed by atoms with E-state index in [0.717, 1.165) is 38.5 Å². The normalized spacial score (nSPS) is 14.2. The summed E-state index contributed by atoms with van der Waals surface area (Å²) in [5.41, 5.74) is 0. The van der Waals surface area contributed by atoms with Crippen LogP contribution in [0.3, 0.4) is 0 Å². The summed E-state index contributed by atoms with van der Waals surface area (Å²) < 4.78 is 34.1. The van der Waals surface area contributed by atoms with Crippen LogP contribution in [0, 0.1) is 0 Å². The van der Waals surface area contributed by atoms with Crippen molar-refractivity contribution in [2.75, 3.05) is 0 Å². The monoisotopic (exact) mass is 372 g/mol. The molecule has 0 aliphatic carbocycles. The molecule has 0 aromatic carbocycles.